The van der Waals surface area contributed by atoms with Crippen LogP contribution in [0.15, 0.2) is 12.4 Å². The van der Waals surface area contributed by atoms with Gasteiger partial charge >= 0.3 is 0 Å². The van der Waals surface area contributed by atoms with Crippen LogP contribution in [0.5, 0.6) is 0 Å². The van der Waals surface area contributed by atoms with Crippen LogP contribution in [0.1, 0.15) is 24.8 Å². The summed E-state index contributed by atoms with van der Waals surface area (Å²) in [5.74, 6) is 2.65. The van der Waals surface area contributed by atoms with E-state index in [0.29, 0.717) is 0 Å². The van der Waals surface area contributed by atoms with Gasteiger partial charge in [0.05, 0.1) is 6.20 Å². The normalized spacial score (nSPS) is 10.1. The van der Waals surface area contributed by atoms with E-state index in [0.717, 1.165) is 38.8 Å². The fourth-order valence-electron chi connectivity index (χ4n) is 1.44. The largest absolute Gasteiger partial charge is 0.316 e. The van der Waals surface area contributed by atoms with E-state index in [2.05, 4.69) is 22.5 Å². The van der Waals surface area contributed by atoms with Gasteiger partial charge in [-0.1, -0.05) is 0 Å². The number of aryl methyl sites for hydroxylation is 1. The predicted molar refractivity (Wildman–Crippen MR) is 62.5 cm³/mol. The van der Waals surface area contributed by atoms with Crippen LogP contribution < -0.4 is 5.32 Å². The van der Waals surface area contributed by atoms with Crippen LogP contribution >= 0.6 is 0 Å². The third-order valence-corrected chi connectivity index (χ3v) is 2.27. The molecule has 0 saturated carbocycles. The molecule has 0 aliphatic rings. The molecule has 1 aromatic rings. The van der Waals surface area contributed by atoms with Gasteiger partial charge in [0.25, 0.3) is 0 Å². The molecule has 82 valence electrons. The molecular formula is C12H19N3. The number of unbranched alkanes of at least 4 members (excludes halogenated alkanes) is 2. The summed E-state index contributed by atoms with van der Waals surface area (Å²) >= 11 is 0. The van der Waals surface area contributed by atoms with Crippen LogP contribution in [0.3, 0.4) is 0 Å². The Morgan fingerprint density at radius 1 is 1.47 bits per heavy atom. The molecule has 0 radical (unpaired) electrons. The standard InChI is InChI=1S/C12H19N3/c1-3-4-5-6-8-13-9-7-12-10-14-15(2)11-12/h1,10-11,13H,4-9H2,2H3. The van der Waals surface area contributed by atoms with Crippen molar-refractivity contribution in [1.29, 1.82) is 0 Å². The summed E-state index contributed by atoms with van der Waals surface area (Å²) in [6.45, 7) is 2.07. The second-order valence-corrected chi connectivity index (χ2v) is 3.68. The van der Waals surface area contributed by atoms with Crippen molar-refractivity contribution in [2.75, 3.05) is 13.1 Å². The molecule has 1 N–H and O–H groups in total. The summed E-state index contributed by atoms with van der Waals surface area (Å²) in [5, 5.41) is 7.52. The van der Waals surface area contributed by atoms with Gasteiger partial charge < -0.3 is 5.32 Å². The summed E-state index contributed by atoms with van der Waals surface area (Å²) < 4.78 is 1.84. The number of terminal acetylenes is 1. The maximum Gasteiger partial charge on any atom is 0.0522 e. The van der Waals surface area contributed by atoms with Crippen molar-refractivity contribution >= 4 is 0 Å². The third-order valence-electron chi connectivity index (χ3n) is 2.27. The highest BCUT2D eigenvalue weighted by Gasteiger charge is 1.95. The molecule has 15 heavy (non-hydrogen) atoms. The molecule has 0 spiro atoms. The fraction of sp³-hybridized carbons (Fsp3) is 0.583. The van der Waals surface area contributed by atoms with Gasteiger partial charge in [0, 0.05) is 19.7 Å². The Bertz CT molecular complexity index is 309. The summed E-state index contributed by atoms with van der Waals surface area (Å²) in [5.41, 5.74) is 1.29. The summed E-state index contributed by atoms with van der Waals surface area (Å²) in [6.07, 6.45) is 13.4. The molecule has 0 amide bonds. The van der Waals surface area contributed by atoms with Crippen molar-refractivity contribution in [2.45, 2.75) is 25.7 Å². The molecule has 0 aliphatic heterocycles. The van der Waals surface area contributed by atoms with Crippen LogP contribution in [0.4, 0.5) is 0 Å². The van der Waals surface area contributed by atoms with E-state index in [9.17, 15) is 0 Å². The average Bonchev–Trinajstić information content (AvgIpc) is 2.63. The van der Waals surface area contributed by atoms with E-state index in [4.69, 9.17) is 6.42 Å². The van der Waals surface area contributed by atoms with Gasteiger partial charge in [-0.05, 0) is 37.9 Å². The fourth-order valence-corrected chi connectivity index (χ4v) is 1.44. The molecule has 0 aliphatic carbocycles. The first-order chi connectivity index (χ1) is 7.33. The third kappa shape index (κ3) is 5.24. The van der Waals surface area contributed by atoms with Gasteiger partial charge in [-0.2, -0.15) is 5.10 Å². The number of aromatic nitrogens is 2. The van der Waals surface area contributed by atoms with E-state index in [1.807, 2.05) is 17.9 Å². The molecular weight excluding hydrogens is 186 g/mol. The van der Waals surface area contributed by atoms with Crippen molar-refractivity contribution in [3.63, 3.8) is 0 Å². The molecule has 0 aromatic carbocycles. The molecule has 3 nitrogen and oxygen atoms in total. The lowest BCUT2D eigenvalue weighted by Crippen LogP contribution is -2.18. The average molecular weight is 205 g/mol. The molecule has 3 heteroatoms. The molecule has 1 aromatic heterocycles. The van der Waals surface area contributed by atoms with Gasteiger partial charge in [-0.25, -0.2) is 0 Å². The second kappa shape index (κ2) is 7.08. The molecule has 1 rings (SSSR count). The first kappa shape index (κ1) is 11.8. The van der Waals surface area contributed by atoms with E-state index < -0.39 is 0 Å². The van der Waals surface area contributed by atoms with Gasteiger partial charge in [-0.15, -0.1) is 12.3 Å². The Labute approximate surface area is 91.9 Å². The zero-order chi connectivity index (χ0) is 10.9. The topological polar surface area (TPSA) is 29.9 Å². The molecule has 0 saturated heterocycles. The highest BCUT2D eigenvalue weighted by Crippen LogP contribution is 1.96. The van der Waals surface area contributed by atoms with Gasteiger partial charge in [0.15, 0.2) is 0 Å². The Morgan fingerprint density at radius 3 is 3.00 bits per heavy atom. The highest BCUT2D eigenvalue weighted by atomic mass is 15.2. The van der Waals surface area contributed by atoms with E-state index in [1.54, 1.807) is 0 Å². The lowest BCUT2D eigenvalue weighted by atomic mass is 10.2. The Balaban J connectivity index is 1.96. The number of nitrogens with zero attached hydrogens (tertiary/aromatic N) is 2. The first-order valence-corrected chi connectivity index (χ1v) is 5.44. The van der Waals surface area contributed by atoms with Crippen LogP contribution in [-0.2, 0) is 13.5 Å². The second-order valence-electron chi connectivity index (χ2n) is 3.68. The van der Waals surface area contributed by atoms with Crippen molar-refractivity contribution in [2.24, 2.45) is 7.05 Å². The number of hydrogen-bond acceptors (Lipinski definition) is 2. The minimum Gasteiger partial charge on any atom is -0.316 e. The zero-order valence-corrected chi connectivity index (χ0v) is 9.37. The highest BCUT2D eigenvalue weighted by molar-refractivity contribution is 5.03. The molecule has 0 unspecified atom stereocenters. The number of rotatable bonds is 7. The van der Waals surface area contributed by atoms with Crippen molar-refractivity contribution in [3.05, 3.63) is 18.0 Å². The van der Waals surface area contributed by atoms with Crippen LogP contribution in [-0.4, -0.2) is 22.9 Å². The predicted octanol–water partition coefficient (Wildman–Crippen LogP) is 1.36. The number of nitrogens with one attached hydrogen (secondary N) is 1. The van der Waals surface area contributed by atoms with E-state index in [-0.39, 0.29) is 0 Å². The van der Waals surface area contributed by atoms with Crippen LogP contribution in [0, 0.1) is 12.3 Å². The summed E-state index contributed by atoms with van der Waals surface area (Å²) in [6, 6.07) is 0. The van der Waals surface area contributed by atoms with E-state index >= 15 is 0 Å². The molecule has 0 fully saturated rings. The van der Waals surface area contributed by atoms with Crippen LogP contribution in [0.25, 0.3) is 0 Å². The van der Waals surface area contributed by atoms with Gasteiger partial charge in [-0.3, -0.25) is 4.68 Å². The Hall–Kier alpha value is -1.27. The van der Waals surface area contributed by atoms with Gasteiger partial charge in [0.2, 0.25) is 0 Å². The summed E-state index contributed by atoms with van der Waals surface area (Å²) in [4.78, 5) is 0. The molecule has 1 heterocycles. The SMILES string of the molecule is C#CCCCCNCCc1cnn(C)c1. The number of hydrogen-bond donors (Lipinski definition) is 1. The maximum atomic E-state index is 5.17. The minimum absolute atomic E-state index is 0.893. The lowest BCUT2D eigenvalue weighted by molar-refractivity contribution is 0.629. The Morgan fingerprint density at radius 2 is 2.33 bits per heavy atom. The zero-order valence-electron chi connectivity index (χ0n) is 9.37. The smallest absolute Gasteiger partial charge is 0.0522 e. The van der Waals surface area contributed by atoms with Crippen LogP contribution in [0.2, 0.25) is 0 Å². The van der Waals surface area contributed by atoms with Crippen molar-refractivity contribution in [3.8, 4) is 12.3 Å². The first-order valence-electron chi connectivity index (χ1n) is 5.44. The van der Waals surface area contributed by atoms with Crippen molar-refractivity contribution in [1.82, 2.24) is 15.1 Å². The monoisotopic (exact) mass is 205 g/mol. The summed E-state index contributed by atoms with van der Waals surface area (Å²) in [7, 11) is 1.94. The maximum absolute atomic E-state index is 5.17. The van der Waals surface area contributed by atoms with Crippen molar-refractivity contribution < 1.29 is 0 Å². The minimum atomic E-state index is 0.893. The van der Waals surface area contributed by atoms with E-state index in [1.165, 1.54) is 5.56 Å². The lowest BCUT2D eigenvalue weighted by Gasteiger charge is -2.01. The molecule has 0 atom stereocenters. The van der Waals surface area contributed by atoms with Gasteiger partial charge in [0.1, 0.15) is 0 Å². The quantitative estimate of drug-likeness (QED) is 0.538. The molecule has 0 bridgehead atoms. The Kier molecular flexibility index (Phi) is 5.57.